The molecule has 1 heterocycles. The molecule has 0 amide bonds. The van der Waals surface area contributed by atoms with Gasteiger partial charge in [0.05, 0.1) is 6.20 Å². The number of imidazole rings is 1. The lowest BCUT2D eigenvalue weighted by Crippen LogP contribution is -1.97. The highest BCUT2D eigenvalue weighted by atomic mass is 16.5. The maximum absolute atomic E-state index is 10.3. The van der Waals surface area contributed by atoms with E-state index in [9.17, 15) is 4.79 Å². The quantitative estimate of drug-likeness (QED) is 0.657. The summed E-state index contributed by atoms with van der Waals surface area (Å²) in [5.74, 6) is -0.496. The minimum absolute atomic E-state index is 0.0806. The fourth-order valence-corrected chi connectivity index (χ4v) is 0.681. The van der Waals surface area contributed by atoms with E-state index < -0.39 is 5.97 Å². The molecule has 0 aliphatic heterocycles. The average Bonchev–Trinajstić information content (AvgIpc) is 2.37. The van der Waals surface area contributed by atoms with Crippen molar-refractivity contribution in [2.24, 2.45) is 0 Å². The van der Waals surface area contributed by atoms with Gasteiger partial charge in [-0.15, -0.1) is 0 Å². The number of hydrogen-bond acceptors (Lipinski definition) is 3. The minimum atomic E-state index is -1.01. The lowest BCUT2D eigenvalue weighted by Gasteiger charge is -1.90. The van der Waals surface area contributed by atoms with Crippen molar-refractivity contribution < 1.29 is 14.6 Å². The molecule has 2 N–H and O–H groups in total. The van der Waals surface area contributed by atoms with Gasteiger partial charge in [-0.2, -0.15) is 0 Å². The van der Waals surface area contributed by atoms with E-state index in [1.807, 2.05) is 0 Å². The molecule has 60 valence electrons. The second kappa shape index (κ2) is 3.16. The van der Waals surface area contributed by atoms with Gasteiger partial charge in [0.1, 0.15) is 18.1 Å². The van der Waals surface area contributed by atoms with Gasteiger partial charge in [-0.3, -0.25) is 0 Å². The number of carboxylic acid groups (broad SMARTS) is 1. The summed E-state index contributed by atoms with van der Waals surface area (Å²) in [6, 6.07) is 0. The standard InChI is InChI=1S/C6H8N2O3/c1-11-3-5-7-2-4(8-5)6(9)10/h2H,3H2,1H3,(H,7,8)(H,9,10). The average molecular weight is 156 g/mol. The second-order valence-electron chi connectivity index (χ2n) is 1.98. The number of H-pyrrole nitrogens is 1. The van der Waals surface area contributed by atoms with Crippen LogP contribution in [-0.2, 0) is 11.3 Å². The summed E-state index contributed by atoms with van der Waals surface area (Å²) in [5, 5.41) is 8.45. The van der Waals surface area contributed by atoms with Crippen molar-refractivity contribution in [1.29, 1.82) is 0 Å². The van der Waals surface area contributed by atoms with E-state index >= 15 is 0 Å². The van der Waals surface area contributed by atoms with Crippen molar-refractivity contribution in [2.45, 2.75) is 6.61 Å². The number of methoxy groups -OCH3 is 1. The Bertz CT molecular complexity index is 256. The summed E-state index contributed by atoms with van der Waals surface area (Å²) in [6.07, 6.45) is 1.26. The Labute approximate surface area is 63.0 Å². The Morgan fingerprint density at radius 1 is 1.91 bits per heavy atom. The molecule has 1 aromatic heterocycles. The van der Waals surface area contributed by atoms with Crippen LogP contribution in [0.3, 0.4) is 0 Å². The van der Waals surface area contributed by atoms with Crippen LogP contribution in [0.15, 0.2) is 6.20 Å². The smallest absolute Gasteiger partial charge is 0.353 e. The summed E-state index contributed by atoms with van der Waals surface area (Å²) in [7, 11) is 1.52. The third kappa shape index (κ3) is 1.78. The number of aromatic nitrogens is 2. The van der Waals surface area contributed by atoms with E-state index in [0.717, 1.165) is 0 Å². The molecule has 0 aliphatic rings. The topological polar surface area (TPSA) is 75.2 Å². The molecule has 1 rings (SSSR count). The van der Waals surface area contributed by atoms with Gasteiger partial charge in [-0.1, -0.05) is 0 Å². The molecule has 0 saturated heterocycles. The molecule has 0 unspecified atom stereocenters. The Kier molecular flexibility index (Phi) is 2.22. The molecule has 0 bridgehead atoms. The molecule has 0 aliphatic carbocycles. The summed E-state index contributed by atoms with van der Waals surface area (Å²) in [6.45, 7) is 0.299. The first-order valence-electron chi connectivity index (χ1n) is 3.00. The van der Waals surface area contributed by atoms with Crippen LogP contribution in [0.5, 0.6) is 0 Å². The van der Waals surface area contributed by atoms with Crippen LogP contribution in [0.2, 0.25) is 0 Å². The maximum Gasteiger partial charge on any atom is 0.353 e. The fourth-order valence-electron chi connectivity index (χ4n) is 0.681. The van der Waals surface area contributed by atoms with Crippen LogP contribution in [-0.4, -0.2) is 28.2 Å². The number of ether oxygens (including phenoxy) is 1. The van der Waals surface area contributed by atoms with E-state index in [4.69, 9.17) is 9.84 Å². The van der Waals surface area contributed by atoms with E-state index in [0.29, 0.717) is 12.4 Å². The molecule has 0 atom stereocenters. The Morgan fingerprint density at radius 3 is 3.09 bits per heavy atom. The number of aromatic amines is 1. The molecule has 0 radical (unpaired) electrons. The zero-order chi connectivity index (χ0) is 8.27. The number of rotatable bonds is 3. The molecular weight excluding hydrogens is 148 g/mol. The molecule has 11 heavy (non-hydrogen) atoms. The molecule has 1 aromatic rings. The Hall–Kier alpha value is -1.36. The van der Waals surface area contributed by atoms with Crippen LogP contribution in [0.25, 0.3) is 0 Å². The normalized spacial score (nSPS) is 9.91. The molecule has 0 fully saturated rings. The predicted octanol–water partition coefficient (Wildman–Crippen LogP) is 0.254. The van der Waals surface area contributed by atoms with Crippen molar-refractivity contribution in [3.63, 3.8) is 0 Å². The Balaban J connectivity index is 2.73. The lowest BCUT2D eigenvalue weighted by atomic mass is 10.5. The lowest BCUT2D eigenvalue weighted by molar-refractivity contribution is 0.0690. The molecular formula is C6H8N2O3. The van der Waals surface area contributed by atoms with E-state index in [1.54, 1.807) is 0 Å². The van der Waals surface area contributed by atoms with Gasteiger partial charge in [0.25, 0.3) is 0 Å². The molecule has 0 spiro atoms. The third-order valence-corrected chi connectivity index (χ3v) is 1.14. The number of aromatic carboxylic acids is 1. The van der Waals surface area contributed by atoms with Gasteiger partial charge < -0.3 is 14.8 Å². The van der Waals surface area contributed by atoms with Crippen LogP contribution in [0.4, 0.5) is 0 Å². The van der Waals surface area contributed by atoms with Crippen LogP contribution in [0, 0.1) is 0 Å². The van der Waals surface area contributed by atoms with Gasteiger partial charge in [0, 0.05) is 7.11 Å². The second-order valence-corrected chi connectivity index (χ2v) is 1.98. The predicted molar refractivity (Wildman–Crippen MR) is 36.3 cm³/mol. The van der Waals surface area contributed by atoms with Gasteiger partial charge >= 0.3 is 5.97 Å². The summed E-state index contributed by atoms with van der Waals surface area (Å²) >= 11 is 0. The molecule has 5 heteroatoms. The summed E-state index contributed by atoms with van der Waals surface area (Å²) in [5.41, 5.74) is 0.0806. The van der Waals surface area contributed by atoms with Gasteiger partial charge in [-0.25, -0.2) is 9.78 Å². The maximum atomic E-state index is 10.3. The highest BCUT2D eigenvalue weighted by Crippen LogP contribution is 1.97. The van der Waals surface area contributed by atoms with Crippen molar-refractivity contribution in [3.8, 4) is 0 Å². The number of hydrogen-bond donors (Lipinski definition) is 2. The highest BCUT2D eigenvalue weighted by molar-refractivity contribution is 5.84. The molecule has 0 aromatic carbocycles. The van der Waals surface area contributed by atoms with E-state index in [1.165, 1.54) is 13.3 Å². The highest BCUT2D eigenvalue weighted by Gasteiger charge is 2.05. The van der Waals surface area contributed by atoms with Crippen LogP contribution >= 0.6 is 0 Å². The zero-order valence-corrected chi connectivity index (χ0v) is 6.00. The summed E-state index contributed by atoms with van der Waals surface area (Å²) < 4.78 is 4.73. The first-order valence-corrected chi connectivity index (χ1v) is 3.00. The number of nitrogens with one attached hydrogen (secondary N) is 1. The molecule has 5 nitrogen and oxygen atoms in total. The van der Waals surface area contributed by atoms with Crippen molar-refractivity contribution in [2.75, 3.05) is 7.11 Å². The van der Waals surface area contributed by atoms with Gasteiger partial charge in [0.15, 0.2) is 0 Å². The number of nitrogens with zero attached hydrogens (tertiary/aromatic N) is 1. The number of carboxylic acids is 1. The van der Waals surface area contributed by atoms with Crippen molar-refractivity contribution in [3.05, 3.63) is 17.7 Å². The van der Waals surface area contributed by atoms with Gasteiger partial charge in [0.2, 0.25) is 0 Å². The van der Waals surface area contributed by atoms with E-state index in [-0.39, 0.29) is 5.69 Å². The first-order chi connectivity index (χ1) is 5.24. The SMILES string of the molecule is COCc1ncc(C(=O)O)[nH]1. The van der Waals surface area contributed by atoms with Gasteiger partial charge in [-0.05, 0) is 0 Å². The summed E-state index contributed by atoms with van der Waals surface area (Å²) in [4.78, 5) is 16.7. The first kappa shape index (κ1) is 7.74. The van der Waals surface area contributed by atoms with Crippen LogP contribution < -0.4 is 0 Å². The minimum Gasteiger partial charge on any atom is -0.477 e. The van der Waals surface area contributed by atoms with Crippen LogP contribution in [0.1, 0.15) is 16.3 Å². The van der Waals surface area contributed by atoms with E-state index in [2.05, 4.69) is 9.97 Å². The Morgan fingerprint density at radius 2 is 2.64 bits per heavy atom. The fraction of sp³-hybridized carbons (Fsp3) is 0.333. The monoisotopic (exact) mass is 156 g/mol. The zero-order valence-electron chi connectivity index (χ0n) is 6.00. The van der Waals surface area contributed by atoms with Crippen molar-refractivity contribution in [1.82, 2.24) is 9.97 Å². The largest absolute Gasteiger partial charge is 0.477 e. The molecule has 0 saturated carbocycles. The van der Waals surface area contributed by atoms with Crippen molar-refractivity contribution >= 4 is 5.97 Å². The number of carbonyl (C=O) groups is 1. The third-order valence-electron chi connectivity index (χ3n) is 1.14.